The van der Waals surface area contributed by atoms with Gasteiger partial charge in [0, 0.05) is 68.1 Å². The molecule has 3 fully saturated rings. The van der Waals surface area contributed by atoms with Crippen molar-refractivity contribution in [1.29, 1.82) is 0 Å². The number of methoxy groups -OCH3 is 1. The van der Waals surface area contributed by atoms with Crippen LogP contribution < -0.4 is 20.3 Å². The van der Waals surface area contributed by atoms with Gasteiger partial charge in [0.05, 0.1) is 42.0 Å². The van der Waals surface area contributed by atoms with Crippen LogP contribution in [-0.2, 0) is 9.59 Å². The lowest BCUT2D eigenvalue weighted by molar-refractivity contribution is -0.134. The number of nitrogens with zero attached hydrogens (tertiary/aromatic N) is 7. The number of imidazole rings is 1. The summed E-state index contributed by atoms with van der Waals surface area (Å²) in [7, 11) is 1.54. The van der Waals surface area contributed by atoms with Gasteiger partial charge in [0.25, 0.3) is 5.91 Å². The number of fused-ring (bicyclic) bond motifs is 2. The zero-order chi connectivity index (χ0) is 36.6. The molecular formula is C38H41F2N9O4. The number of nitrogens with one attached hydrogen (secondary N) is 2. The van der Waals surface area contributed by atoms with Crippen LogP contribution in [0.15, 0.2) is 55.0 Å². The summed E-state index contributed by atoms with van der Waals surface area (Å²) in [5.74, 6) is -1.84. The fourth-order valence-corrected chi connectivity index (χ4v) is 8.03. The fourth-order valence-electron chi connectivity index (χ4n) is 8.03. The third-order valence-corrected chi connectivity index (χ3v) is 11.0. The van der Waals surface area contributed by atoms with E-state index in [1.807, 2.05) is 27.9 Å². The van der Waals surface area contributed by atoms with Gasteiger partial charge in [0.1, 0.15) is 17.4 Å². The molecule has 8 rings (SSSR count). The van der Waals surface area contributed by atoms with E-state index in [-0.39, 0.29) is 36.0 Å². The first-order chi connectivity index (χ1) is 25.7. The molecule has 3 aromatic heterocycles. The van der Waals surface area contributed by atoms with Gasteiger partial charge in [0.15, 0.2) is 11.5 Å². The van der Waals surface area contributed by atoms with E-state index in [1.165, 1.54) is 13.2 Å². The molecule has 5 heterocycles. The van der Waals surface area contributed by atoms with Crippen molar-refractivity contribution in [2.75, 3.05) is 50.1 Å². The maximum Gasteiger partial charge on any atom is 0.260 e. The number of piperidine rings is 1. The lowest BCUT2D eigenvalue weighted by Gasteiger charge is -2.37. The molecule has 15 heteroatoms. The molecule has 5 aromatic rings. The standard InChI is InChI=1S/C38H41F2N9O4/c1-53-33-20-31-24(17-28(33)38(52)43-35-21-41-34-3-2-11-42-49(34)35)22-48(45-31)25-6-4-23(5-7-25)10-12-46-13-15-47(16-14-46)32-19-29(39)27(18-30(32)40)26-8-9-36(50)44-37(26)51/h2-3,11,17-23,25-26H,4-10,12-16H2,1H3,(H,43,52)(H,44,50,51). The van der Waals surface area contributed by atoms with Gasteiger partial charge >= 0.3 is 0 Å². The van der Waals surface area contributed by atoms with Gasteiger partial charge in [-0.25, -0.2) is 13.8 Å². The van der Waals surface area contributed by atoms with Crippen molar-refractivity contribution < 1.29 is 27.9 Å². The van der Waals surface area contributed by atoms with Crippen molar-refractivity contribution in [2.45, 2.75) is 56.9 Å². The van der Waals surface area contributed by atoms with Crippen LogP contribution in [0, 0.1) is 17.6 Å². The predicted molar refractivity (Wildman–Crippen MR) is 193 cm³/mol. The number of halogens is 2. The molecule has 0 spiro atoms. The van der Waals surface area contributed by atoms with Crippen molar-refractivity contribution in [1.82, 2.24) is 34.6 Å². The Balaban J connectivity index is 0.828. The molecule has 3 amide bonds. The molecule has 0 bridgehead atoms. The molecular weight excluding hydrogens is 684 g/mol. The topological polar surface area (TPSA) is 139 Å². The Kier molecular flexibility index (Phi) is 9.49. The summed E-state index contributed by atoms with van der Waals surface area (Å²) in [6, 6.07) is 9.80. The highest BCUT2D eigenvalue weighted by atomic mass is 19.1. The first-order valence-electron chi connectivity index (χ1n) is 18.2. The Labute approximate surface area is 304 Å². The van der Waals surface area contributed by atoms with Crippen LogP contribution in [0.25, 0.3) is 16.6 Å². The number of hydrogen-bond donors (Lipinski definition) is 2. The summed E-state index contributed by atoms with van der Waals surface area (Å²) in [4.78, 5) is 45.6. The van der Waals surface area contributed by atoms with E-state index in [0.717, 1.165) is 68.7 Å². The van der Waals surface area contributed by atoms with Crippen LogP contribution >= 0.6 is 0 Å². The lowest BCUT2D eigenvalue weighted by Crippen LogP contribution is -2.47. The maximum atomic E-state index is 15.2. The van der Waals surface area contributed by atoms with Gasteiger partial charge in [0.2, 0.25) is 11.8 Å². The fraction of sp³-hybridized carbons (Fsp3) is 0.421. The molecule has 1 aliphatic carbocycles. The number of carbonyl (C=O) groups is 3. The number of rotatable bonds is 9. The minimum atomic E-state index is -0.867. The Morgan fingerprint density at radius 2 is 1.83 bits per heavy atom. The number of amides is 3. The lowest BCUT2D eigenvalue weighted by atomic mass is 9.84. The monoisotopic (exact) mass is 725 g/mol. The van der Waals surface area contributed by atoms with E-state index in [2.05, 4.69) is 25.6 Å². The van der Waals surface area contributed by atoms with Crippen molar-refractivity contribution in [3.05, 3.63) is 77.8 Å². The Morgan fingerprint density at radius 3 is 2.60 bits per heavy atom. The van der Waals surface area contributed by atoms with Gasteiger partial charge in [-0.05, 0) is 75.3 Å². The SMILES string of the molecule is COc1cc2nn(C3CCC(CCN4CCN(c5cc(F)c(C6CCC(=O)NC6=O)cc5F)CC4)CC3)cc2cc1C(=O)Nc1cnc2cccnn12. The summed E-state index contributed by atoms with van der Waals surface area (Å²) in [6.07, 6.45) is 10.8. The van der Waals surface area contributed by atoms with Crippen molar-refractivity contribution in [3.63, 3.8) is 0 Å². The van der Waals surface area contributed by atoms with Crippen molar-refractivity contribution >= 4 is 45.8 Å². The summed E-state index contributed by atoms with van der Waals surface area (Å²) in [5, 5.41) is 15.1. The normalized spacial score (nSPS) is 21.3. The first kappa shape index (κ1) is 34.6. The average molecular weight is 726 g/mol. The molecule has 13 nitrogen and oxygen atoms in total. The third-order valence-electron chi connectivity index (χ3n) is 11.0. The average Bonchev–Trinajstić information content (AvgIpc) is 3.78. The maximum absolute atomic E-state index is 15.2. The van der Waals surface area contributed by atoms with Crippen LogP contribution in [0.4, 0.5) is 20.3 Å². The van der Waals surface area contributed by atoms with E-state index in [9.17, 15) is 14.4 Å². The number of aromatic nitrogens is 5. The van der Waals surface area contributed by atoms with Gasteiger partial charge in [-0.3, -0.25) is 29.3 Å². The van der Waals surface area contributed by atoms with E-state index >= 15 is 8.78 Å². The molecule has 2 N–H and O–H groups in total. The Bertz CT molecular complexity index is 2190. The first-order valence-corrected chi connectivity index (χ1v) is 18.2. The quantitative estimate of drug-likeness (QED) is 0.199. The molecule has 2 aromatic carbocycles. The summed E-state index contributed by atoms with van der Waals surface area (Å²) in [6.45, 7) is 3.63. The van der Waals surface area contributed by atoms with Gasteiger partial charge in [-0.15, -0.1) is 0 Å². The Morgan fingerprint density at radius 1 is 1.02 bits per heavy atom. The smallest absolute Gasteiger partial charge is 0.260 e. The molecule has 2 aliphatic heterocycles. The second kappa shape index (κ2) is 14.5. The largest absolute Gasteiger partial charge is 0.496 e. The molecule has 1 unspecified atom stereocenters. The third kappa shape index (κ3) is 7.04. The van der Waals surface area contributed by atoms with E-state index < -0.39 is 29.4 Å². The number of hydrogen-bond acceptors (Lipinski definition) is 9. The highest BCUT2D eigenvalue weighted by Gasteiger charge is 2.32. The molecule has 0 radical (unpaired) electrons. The van der Waals surface area contributed by atoms with E-state index in [0.29, 0.717) is 41.8 Å². The number of anilines is 2. The minimum absolute atomic E-state index is 0.00137. The number of imide groups is 1. The highest BCUT2D eigenvalue weighted by Crippen LogP contribution is 2.36. The molecule has 276 valence electrons. The molecule has 1 atom stereocenters. The zero-order valence-electron chi connectivity index (χ0n) is 29.4. The van der Waals surface area contributed by atoms with E-state index in [4.69, 9.17) is 9.84 Å². The summed E-state index contributed by atoms with van der Waals surface area (Å²) >= 11 is 0. The predicted octanol–water partition coefficient (Wildman–Crippen LogP) is 5.08. The number of carbonyl (C=O) groups excluding carboxylic acids is 3. The summed E-state index contributed by atoms with van der Waals surface area (Å²) in [5.41, 5.74) is 2.00. The van der Waals surface area contributed by atoms with Gasteiger partial charge in [-0.2, -0.15) is 14.7 Å². The number of piperazine rings is 1. The van der Waals surface area contributed by atoms with Crippen LogP contribution in [-0.4, -0.2) is 86.8 Å². The van der Waals surface area contributed by atoms with Crippen LogP contribution in [0.5, 0.6) is 5.75 Å². The van der Waals surface area contributed by atoms with Gasteiger partial charge < -0.3 is 15.0 Å². The van der Waals surface area contributed by atoms with Crippen LogP contribution in [0.2, 0.25) is 0 Å². The van der Waals surface area contributed by atoms with Crippen molar-refractivity contribution in [2.24, 2.45) is 5.92 Å². The van der Waals surface area contributed by atoms with Gasteiger partial charge in [-0.1, -0.05) is 0 Å². The Hall–Kier alpha value is -5.44. The summed E-state index contributed by atoms with van der Waals surface area (Å²) < 4.78 is 39.5. The highest BCUT2D eigenvalue weighted by molar-refractivity contribution is 6.08. The molecule has 3 aliphatic rings. The van der Waals surface area contributed by atoms with Crippen LogP contribution in [0.3, 0.4) is 0 Å². The molecule has 1 saturated carbocycles. The minimum Gasteiger partial charge on any atom is -0.496 e. The van der Waals surface area contributed by atoms with E-state index in [1.54, 1.807) is 29.0 Å². The molecule has 2 saturated heterocycles. The number of benzene rings is 2. The van der Waals surface area contributed by atoms with Crippen LogP contribution in [0.1, 0.15) is 72.8 Å². The number of ether oxygens (including phenoxy) is 1. The second-order valence-corrected chi connectivity index (χ2v) is 14.2. The molecule has 53 heavy (non-hydrogen) atoms. The zero-order valence-corrected chi connectivity index (χ0v) is 29.4. The second-order valence-electron chi connectivity index (χ2n) is 14.2. The van der Waals surface area contributed by atoms with Crippen molar-refractivity contribution in [3.8, 4) is 5.75 Å².